The Morgan fingerprint density at radius 2 is 2.26 bits per heavy atom. The molecule has 0 bridgehead atoms. The van der Waals surface area contributed by atoms with E-state index in [1.165, 1.54) is 4.31 Å². The lowest BCUT2D eigenvalue weighted by Gasteiger charge is -2.31. The van der Waals surface area contributed by atoms with Crippen molar-refractivity contribution in [3.63, 3.8) is 0 Å². The highest BCUT2D eigenvalue weighted by molar-refractivity contribution is 7.88. The maximum atomic E-state index is 12.4. The number of methoxy groups -OCH3 is 1. The first kappa shape index (κ1) is 14.8. The van der Waals surface area contributed by atoms with E-state index in [2.05, 4.69) is 0 Å². The van der Waals surface area contributed by atoms with Crippen LogP contribution >= 0.6 is 11.6 Å². The molecule has 1 aromatic rings. The van der Waals surface area contributed by atoms with Gasteiger partial charge in [-0.3, -0.25) is 0 Å². The highest BCUT2D eigenvalue weighted by atomic mass is 35.5. The molecule has 2 rings (SSSR count). The van der Waals surface area contributed by atoms with Gasteiger partial charge in [0.2, 0.25) is 10.0 Å². The number of benzene rings is 1. The number of hydrogen-bond acceptors (Lipinski definition) is 3. The summed E-state index contributed by atoms with van der Waals surface area (Å²) in [7, 11) is -1.68. The van der Waals surface area contributed by atoms with Crippen molar-refractivity contribution in [2.24, 2.45) is 0 Å². The average molecular weight is 304 g/mol. The summed E-state index contributed by atoms with van der Waals surface area (Å²) in [4.78, 5) is 0. The molecule has 0 spiro atoms. The van der Waals surface area contributed by atoms with E-state index in [0.29, 0.717) is 23.7 Å². The van der Waals surface area contributed by atoms with Gasteiger partial charge in [0.25, 0.3) is 0 Å². The summed E-state index contributed by atoms with van der Waals surface area (Å²) < 4.78 is 31.5. The highest BCUT2D eigenvalue weighted by Crippen LogP contribution is 2.20. The fourth-order valence-corrected chi connectivity index (χ4v) is 4.08. The lowest BCUT2D eigenvalue weighted by molar-refractivity contribution is 0.0571. The summed E-state index contributed by atoms with van der Waals surface area (Å²) >= 11 is 5.88. The predicted octanol–water partition coefficient (Wildman–Crippen LogP) is 2.28. The zero-order valence-electron chi connectivity index (χ0n) is 10.9. The van der Waals surface area contributed by atoms with E-state index in [4.69, 9.17) is 16.3 Å². The van der Waals surface area contributed by atoms with E-state index in [1.54, 1.807) is 31.4 Å². The Hall–Kier alpha value is -0.620. The third kappa shape index (κ3) is 3.92. The molecule has 0 amide bonds. The fraction of sp³-hybridized carbons (Fsp3) is 0.538. The number of rotatable bonds is 4. The van der Waals surface area contributed by atoms with Crippen molar-refractivity contribution in [1.29, 1.82) is 0 Å². The summed E-state index contributed by atoms with van der Waals surface area (Å²) in [6.45, 7) is 1.02. The van der Waals surface area contributed by atoms with E-state index < -0.39 is 10.0 Å². The molecule has 0 aromatic heterocycles. The first-order valence-corrected chi connectivity index (χ1v) is 8.25. The second kappa shape index (κ2) is 6.22. The quantitative estimate of drug-likeness (QED) is 0.857. The van der Waals surface area contributed by atoms with Crippen molar-refractivity contribution in [2.75, 3.05) is 20.2 Å². The lowest BCUT2D eigenvalue weighted by Crippen LogP contribution is -2.43. The molecule has 106 valence electrons. The van der Waals surface area contributed by atoms with Crippen LogP contribution in [0.3, 0.4) is 0 Å². The molecule has 1 unspecified atom stereocenters. The third-order valence-electron chi connectivity index (χ3n) is 3.31. The van der Waals surface area contributed by atoms with Gasteiger partial charge in [0, 0.05) is 25.2 Å². The molecule has 1 heterocycles. The van der Waals surface area contributed by atoms with Crippen LogP contribution in [0.25, 0.3) is 0 Å². The van der Waals surface area contributed by atoms with Crippen LogP contribution in [0.1, 0.15) is 18.4 Å². The van der Waals surface area contributed by atoms with Crippen LogP contribution in [-0.2, 0) is 20.5 Å². The van der Waals surface area contributed by atoms with Gasteiger partial charge in [0.15, 0.2) is 0 Å². The molecule has 19 heavy (non-hydrogen) atoms. The summed E-state index contributed by atoms with van der Waals surface area (Å²) in [6.07, 6.45) is 1.76. The maximum Gasteiger partial charge on any atom is 0.218 e. The molecule has 0 radical (unpaired) electrons. The molecule has 1 saturated heterocycles. The summed E-state index contributed by atoms with van der Waals surface area (Å²) in [6, 6.07) is 6.97. The Bertz CT molecular complexity index is 532. The molecule has 1 atom stereocenters. The molecule has 0 aliphatic carbocycles. The molecule has 6 heteroatoms. The molecular formula is C13H18ClNO3S. The second-order valence-corrected chi connectivity index (χ2v) is 7.15. The van der Waals surface area contributed by atoms with Crippen molar-refractivity contribution in [1.82, 2.24) is 4.31 Å². The number of halogens is 1. The Morgan fingerprint density at radius 3 is 2.95 bits per heavy atom. The third-order valence-corrected chi connectivity index (χ3v) is 5.36. The van der Waals surface area contributed by atoms with Crippen molar-refractivity contribution in [3.8, 4) is 0 Å². The Balaban J connectivity index is 2.09. The molecule has 1 aliphatic rings. The van der Waals surface area contributed by atoms with Crippen LogP contribution in [0.5, 0.6) is 0 Å². The van der Waals surface area contributed by atoms with Gasteiger partial charge in [-0.2, -0.15) is 4.31 Å². The molecule has 4 nitrogen and oxygen atoms in total. The summed E-state index contributed by atoms with van der Waals surface area (Å²) in [5, 5.41) is 0.557. The van der Waals surface area contributed by atoms with E-state index in [0.717, 1.165) is 12.8 Å². The van der Waals surface area contributed by atoms with Gasteiger partial charge < -0.3 is 4.74 Å². The fourth-order valence-electron chi connectivity index (χ4n) is 2.28. The minimum absolute atomic E-state index is 0.00267. The number of nitrogens with zero attached hydrogens (tertiary/aromatic N) is 1. The molecule has 0 saturated carbocycles. The SMILES string of the molecule is COC1CCCN(S(=O)(=O)Cc2cccc(Cl)c2)C1. The minimum Gasteiger partial charge on any atom is -0.380 e. The van der Waals surface area contributed by atoms with Crippen LogP contribution in [0.15, 0.2) is 24.3 Å². The smallest absolute Gasteiger partial charge is 0.218 e. The monoisotopic (exact) mass is 303 g/mol. The van der Waals surface area contributed by atoms with Crippen molar-refractivity contribution < 1.29 is 13.2 Å². The van der Waals surface area contributed by atoms with E-state index >= 15 is 0 Å². The van der Waals surface area contributed by atoms with Gasteiger partial charge in [0.05, 0.1) is 11.9 Å². The van der Waals surface area contributed by atoms with Gasteiger partial charge in [0.1, 0.15) is 0 Å². The van der Waals surface area contributed by atoms with Crippen molar-refractivity contribution in [2.45, 2.75) is 24.7 Å². The first-order valence-electron chi connectivity index (χ1n) is 6.26. The van der Waals surface area contributed by atoms with Crippen LogP contribution in [0, 0.1) is 0 Å². The van der Waals surface area contributed by atoms with E-state index in [1.807, 2.05) is 0 Å². The second-order valence-electron chi connectivity index (χ2n) is 4.74. The molecular weight excluding hydrogens is 286 g/mol. The summed E-state index contributed by atoms with van der Waals surface area (Å²) in [5.74, 6) is -0.00993. The van der Waals surface area contributed by atoms with Gasteiger partial charge in [-0.05, 0) is 30.5 Å². The van der Waals surface area contributed by atoms with Gasteiger partial charge >= 0.3 is 0 Å². The zero-order chi connectivity index (χ0) is 13.9. The average Bonchev–Trinajstić information content (AvgIpc) is 2.38. The molecule has 1 aromatic carbocycles. The van der Waals surface area contributed by atoms with E-state index in [9.17, 15) is 8.42 Å². The first-order chi connectivity index (χ1) is 9.01. The van der Waals surface area contributed by atoms with E-state index in [-0.39, 0.29) is 11.9 Å². The maximum absolute atomic E-state index is 12.4. The predicted molar refractivity (Wildman–Crippen MR) is 75.7 cm³/mol. The number of piperidine rings is 1. The van der Waals surface area contributed by atoms with Crippen LogP contribution < -0.4 is 0 Å². The summed E-state index contributed by atoms with van der Waals surface area (Å²) in [5.41, 5.74) is 0.715. The Labute approximate surface area is 119 Å². The topological polar surface area (TPSA) is 46.6 Å². The zero-order valence-corrected chi connectivity index (χ0v) is 12.5. The van der Waals surface area contributed by atoms with Crippen molar-refractivity contribution in [3.05, 3.63) is 34.9 Å². The minimum atomic E-state index is -3.30. The number of ether oxygens (including phenoxy) is 1. The van der Waals surface area contributed by atoms with Crippen LogP contribution in [0.4, 0.5) is 0 Å². The standard InChI is InChI=1S/C13H18ClNO3S/c1-18-13-6-3-7-15(9-13)19(16,17)10-11-4-2-5-12(14)8-11/h2,4-5,8,13H,3,6-7,9-10H2,1H3. The lowest BCUT2D eigenvalue weighted by atomic mass is 10.1. The Kier molecular flexibility index (Phi) is 4.84. The Morgan fingerprint density at radius 1 is 1.47 bits per heavy atom. The normalized spacial score (nSPS) is 21.5. The van der Waals surface area contributed by atoms with Crippen LogP contribution in [0.2, 0.25) is 5.02 Å². The van der Waals surface area contributed by atoms with Gasteiger partial charge in [-0.15, -0.1) is 0 Å². The molecule has 0 N–H and O–H groups in total. The van der Waals surface area contributed by atoms with Gasteiger partial charge in [-0.25, -0.2) is 8.42 Å². The number of hydrogen-bond donors (Lipinski definition) is 0. The van der Waals surface area contributed by atoms with Crippen LogP contribution in [-0.4, -0.2) is 39.0 Å². The van der Waals surface area contributed by atoms with Crippen molar-refractivity contribution >= 4 is 21.6 Å². The highest BCUT2D eigenvalue weighted by Gasteiger charge is 2.28. The number of sulfonamides is 1. The molecule has 1 aliphatic heterocycles. The molecule has 1 fully saturated rings. The largest absolute Gasteiger partial charge is 0.380 e. The van der Waals surface area contributed by atoms with Gasteiger partial charge in [-0.1, -0.05) is 23.7 Å².